The molecule has 1 heterocycles. The average Bonchev–Trinajstić information content (AvgIpc) is 2.41. The molecule has 0 fully saturated rings. The van der Waals surface area contributed by atoms with Crippen LogP contribution in [0.15, 0.2) is 41.0 Å². The Kier molecular flexibility index (Phi) is 3.80. The van der Waals surface area contributed by atoms with Crippen LogP contribution < -0.4 is 9.47 Å². The summed E-state index contributed by atoms with van der Waals surface area (Å²) in [4.78, 5) is 4.10. The number of nitriles is 1. The van der Waals surface area contributed by atoms with Crippen LogP contribution >= 0.6 is 15.9 Å². The Labute approximate surface area is 113 Å². The number of halogens is 1. The molecule has 2 aromatic rings. The van der Waals surface area contributed by atoms with E-state index < -0.39 is 0 Å². The molecule has 0 unspecified atom stereocenters. The molecule has 0 saturated carbocycles. The third-order valence-corrected chi connectivity index (χ3v) is 2.83. The molecule has 0 saturated heterocycles. The summed E-state index contributed by atoms with van der Waals surface area (Å²) in [5.74, 6) is 1.45. The van der Waals surface area contributed by atoms with Crippen LogP contribution in [-0.2, 0) is 0 Å². The lowest BCUT2D eigenvalue weighted by Crippen LogP contribution is -1.93. The number of rotatable bonds is 3. The fourth-order valence-electron chi connectivity index (χ4n) is 1.37. The summed E-state index contributed by atoms with van der Waals surface area (Å²) < 4.78 is 11.6. The van der Waals surface area contributed by atoms with Crippen molar-refractivity contribution in [3.05, 3.63) is 46.6 Å². The van der Waals surface area contributed by atoms with E-state index in [0.29, 0.717) is 22.9 Å². The lowest BCUT2D eigenvalue weighted by atomic mass is 10.2. The van der Waals surface area contributed by atoms with Gasteiger partial charge in [-0.1, -0.05) is 0 Å². The minimum atomic E-state index is 0.445. The highest BCUT2D eigenvalue weighted by atomic mass is 79.9. The molecule has 0 atom stereocenters. The summed E-state index contributed by atoms with van der Waals surface area (Å²) >= 11 is 3.35. The first-order valence-corrected chi connectivity index (χ1v) is 5.90. The van der Waals surface area contributed by atoms with Gasteiger partial charge in [0.2, 0.25) is 5.88 Å². The van der Waals surface area contributed by atoms with Gasteiger partial charge in [-0.15, -0.1) is 0 Å². The van der Waals surface area contributed by atoms with E-state index in [1.807, 2.05) is 12.1 Å². The molecule has 4 nitrogen and oxygen atoms in total. The first-order chi connectivity index (χ1) is 8.74. The molecule has 90 valence electrons. The third-order valence-electron chi connectivity index (χ3n) is 2.22. The van der Waals surface area contributed by atoms with Gasteiger partial charge in [-0.3, -0.25) is 0 Å². The molecule has 0 amide bonds. The van der Waals surface area contributed by atoms with Crippen molar-refractivity contribution in [2.75, 3.05) is 7.11 Å². The first kappa shape index (κ1) is 12.4. The predicted molar refractivity (Wildman–Crippen MR) is 69.7 cm³/mol. The fraction of sp³-hybridized carbons (Fsp3) is 0.0769. The Morgan fingerprint density at radius 2 is 2.11 bits per heavy atom. The van der Waals surface area contributed by atoms with Gasteiger partial charge in [0, 0.05) is 12.3 Å². The van der Waals surface area contributed by atoms with Gasteiger partial charge in [0.1, 0.15) is 0 Å². The van der Waals surface area contributed by atoms with E-state index in [2.05, 4.69) is 20.9 Å². The normalized spacial score (nSPS) is 9.61. The summed E-state index contributed by atoms with van der Waals surface area (Å²) in [7, 11) is 1.52. The number of pyridine rings is 1. The minimum absolute atomic E-state index is 0.445. The molecular formula is C13H9BrN2O2. The zero-order valence-corrected chi connectivity index (χ0v) is 11.1. The number of aromatic nitrogens is 1. The number of benzene rings is 1. The van der Waals surface area contributed by atoms with Gasteiger partial charge in [0.25, 0.3) is 0 Å². The smallest absolute Gasteiger partial charge is 0.233 e. The Morgan fingerprint density at radius 1 is 1.28 bits per heavy atom. The second-order valence-electron chi connectivity index (χ2n) is 3.37. The lowest BCUT2D eigenvalue weighted by molar-refractivity contribution is 0.373. The van der Waals surface area contributed by atoms with Crippen LogP contribution in [0.5, 0.6) is 17.4 Å². The van der Waals surface area contributed by atoms with E-state index in [1.54, 1.807) is 30.5 Å². The molecular weight excluding hydrogens is 296 g/mol. The Hall–Kier alpha value is -2.06. The van der Waals surface area contributed by atoms with Crippen molar-refractivity contribution in [2.24, 2.45) is 0 Å². The number of ether oxygens (including phenoxy) is 2. The Morgan fingerprint density at radius 3 is 2.78 bits per heavy atom. The Balaban J connectivity index is 2.35. The summed E-state index contributed by atoms with van der Waals surface area (Å²) in [5.41, 5.74) is 0.513. The van der Waals surface area contributed by atoms with Crippen LogP contribution in [0.25, 0.3) is 0 Å². The van der Waals surface area contributed by atoms with Crippen LogP contribution in [0, 0.1) is 11.3 Å². The fourth-order valence-corrected chi connectivity index (χ4v) is 1.71. The molecule has 0 bridgehead atoms. The molecule has 0 aliphatic carbocycles. The maximum Gasteiger partial charge on any atom is 0.233 e. The maximum absolute atomic E-state index is 8.82. The zero-order chi connectivity index (χ0) is 13.0. The van der Waals surface area contributed by atoms with Crippen molar-refractivity contribution in [2.45, 2.75) is 0 Å². The minimum Gasteiger partial charge on any atom is -0.493 e. The highest BCUT2D eigenvalue weighted by molar-refractivity contribution is 9.10. The largest absolute Gasteiger partial charge is 0.493 e. The van der Waals surface area contributed by atoms with Crippen molar-refractivity contribution < 1.29 is 9.47 Å². The molecule has 0 radical (unpaired) electrons. The van der Waals surface area contributed by atoms with E-state index >= 15 is 0 Å². The summed E-state index contributed by atoms with van der Waals surface area (Å²) in [5, 5.41) is 8.82. The van der Waals surface area contributed by atoms with Crippen LogP contribution in [0.2, 0.25) is 0 Å². The molecule has 0 aliphatic heterocycles. The van der Waals surface area contributed by atoms with Gasteiger partial charge in [-0.2, -0.15) is 5.26 Å². The number of methoxy groups -OCH3 is 1. The summed E-state index contributed by atoms with van der Waals surface area (Å²) in [6.07, 6.45) is 1.64. The van der Waals surface area contributed by atoms with E-state index in [1.165, 1.54) is 7.11 Å². The van der Waals surface area contributed by atoms with Crippen LogP contribution in [0.1, 0.15) is 5.56 Å². The van der Waals surface area contributed by atoms with Gasteiger partial charge in [0.15, 0.2) is 11.5 Å². The molecule has 0 N–H and O–H groups in total. The van der Waals surface area contributed by atoms with Crippen molar-refractivity contribution in [1.29, 1.82) is 5.26 Å². The molecule has 5 heteroatoms. The maximum atomic E-state index is 8.82. The number of hydrogen-bond donors (Lipinski definition) is 0. The molecule has 2 rings (SSSR count). The van der Waals surface area contributed by atoms with E-state index in [9.17, 15) is 0 Å². The van der Waals surface area contributed by atoms with Gasteiger partial charge in [-0.05, 0) is 40.2 Å². The predicted octanol–water partition coefficient (Wildman–Crippen LogP) is 3.52. The SMILES string of the molecule is COc1cc(C#N)ccc1Oc1ncccc1Br. The first-order valence-electron chi connectivity index (χ1n) is 5.11. The highest BCUT2D eigenvalue weighted by Gasteiger charge is 2.09. The molecule has 1 aromatic heterocycles. The molecule has 0 spiro atoms. The molecule has 1 aromatic carbocycles. The second kappa shape index (κ2) is 5.52. The summed E-state index contributed by atoms with van der Waals surface area (Å²) in [6, 6.07) is 10.6. The zero-order valence-electron chi connectivity index (χ0n) is 9.55. The van der Waals surface area contributed by atoms with Crippen LogP contribution in [0.3, 0.4) is 0 Å². The topological polar surface area (TPSA) is 55.1 Å². The van der Waals surface area contributed by atoms with Gasteiger partial charge in [-0.25, -0.2) is 4.98 Å². The average molecular weight is 305 g/mol. The van der Waals surface area contributed by atoms with Crippen LogP contribution in [-0.4, -0.2) is 12.1 Å². The second-order valence-corrected chi connectivity index (χ2v) is 4.22. The van der Waals surface area contributed by atoms with Crippen molar-refractivity contribution in [3.8, 4) is 23.4 Å². The third kappa shape index (κ3) is 2.60. The molecule has 0 aliphatic rings. The Bertz CT molecular complexity index is 608. The molecule has 18 heavy (non-hydrogen) atoms. The highest BCUT2D eigenvalue weighted by Crippen LogP contribution is 2.34. The van der Waals surface area contributed by atoms with Gasteiger partial charge < -0.3 is 9.47 Å². The van der Waals surface area contributed by atoms with Gasteiger partial charge >= 0.3 is 0 Å². The van der Waals surface area contributed by atoms with E-state index in [4.69, 9.17) is 14.7 Å². The standard InChI is InChI=1S/C13H9BrN2O2/c1-17-12-7-9(8-15)4-5-11(12)18-13-10(14)3-2-6-16-13/h2-7H,1H3. The van der Waals surface area contributed by atoms with Crippen molar-refractivity contribution in [1.82, 2.24) is 4.98 Å². The lowest BCUT2D eigenvalue weighted by Gasteiger charge is -2.10. The quantitative estimate of drug-likeness (QED) is 0.870. The summed E-state index contributed by atoms with van der Waals surface area (Å²) in [6.45, 7) is 0. The number of hydrogen-bond acceptors (Lipinski definition) is 4. The van der Waals surface area contributed by atoms with Crippen molar-refractivity contribution >= 4 is 15.9 Å². The van der Waals surface area contributed by atoms with E-state index in [-0.39, 0.29) is 0 Å². The van der Waals surface area contributed by atoms with E-state index in [0.717, 1.165) is 4.47 Å². The van der Waals surface area contributed by atoms with Gasteiger partial charge in [0.05, 0.1) is 23.2 Å². The van der Waals surface area contributed by atoms with Crippen molar-refractivity contribution in [3.63, 3.8) is 0 Å². The monoisotopic (exact) mass is 304 g/mol. The number of nitrogens with zero attached hydrogens (tertiary/aromatic N) is 2. The van der Waals surface area contributed by atoms with Crippen LogP contribution in [0.4, 0.5) is 0 Å².